The van der Waals surface area contributed by atoms with Crippen LogP contribution >= 0.6 is 11.8 Å². The number of rotatable bonds is 4. The van der Waals surface area contributed by atoms with Crippen LogP contribution < -0.4 is 5.32 Å². The van der Waals surface area contributed by atoms with Gasteiger partial charge in [-0.2, -0.15) is 18.4 Å². The number of hydrogen-bond acceptors (Lipinski definition) is 5. The van der Waals surface area contributed by atoms with Crippen LogP contribution in [0.2, 0.25) is 0 Å². The summed E-state index contributed by atoms with van der Waals surface area (Å²) in [6.07, 6.45) is 2.42. The Balaban J connectivity index is 1.65. The van der Waals surface area contributed by atoms with Gasteiger partial charge in [-0.15, -0.1) is 0 Å². The average molecular weight is 420 g/mol. The average Bonchev–Trinajstić information content (AvgIpc) is 2.66. The highest BCUT2D eigenvalue weighted by atomic mass is 32.2. The van der Waals surface area contributed by atoms with Crippen molar-refractivity contribution in [3.63, 3.8) is 0 Å². The number of aromatic nitrogens is 2. The van der Waals surface area contributed by atoms with E-state index in [-0.39, 0.29) is 11.6 Å². The minimum atomic E-state index is -4.48. The lowest BCUT2D eigenvalue weighted by Gasteiger charge is -2.15. The zero-order valence-corrected chi connectivity index (χ0v) is 16.4. The van der Waals surface area contributed by atoms with E-state index in [1.165, 1.54) is 6.42 Å². The molecule has 0 fully saturated rings. The summed E-state index contributed by atoms with van der Waals surface area (Å²) in [7, 11) is 0. The van der Waals surface area contributed by atoms with E-state index in [0.29, 0.717) is 16.8 Å². The van der Waals surface area contributed by atoms with Gasteiger partial charge in [0.2, 0.25) is 5.91 Å². The van der Waals surface area contributed by atoms with Crippen LogP contribution in [-0.2, 0) is 23.8 Å². The lowest BCUT2D eigenvalue weighted by atomic mass is 9.96. The summed E-state index contributed by atoms with van der Waals surface area (Å²) < 4.78 is 37.7. The van der Waals surface area contributed by atoms with Crippen LogP contribution in [0.25, 0.3) is 0 Å². The van der Waals surface area contributed by atoms with Crippen molar-refractivity contribution in [3.8, 4) is 6.07 Å². The molecule has 0 unspecified atom stereocenters. The van der Waals surface area contributed by atoms with Gasteiger partial charge in [0.05, 0.1) is 16.9 Å². The lowest BCUT2D eigenvalue weighted by molar-refractivity contribution is -0.137. The van der Waals surface area contributed by atoms with E-state index >= 15 is 0 Å². The molecule has 1 amide bonds. The van der Waals surface area contributed by atoms with E-state index in [1.807, 2.05) is 6.07 Å². The summed E-state index contributed by atoms with van der Waals surface area (Å²) in [6.45, 7) is 0. The first-order chi connectivity index (χ1) is 13.9. The van der Waals surface area contributed by atoms with Crippen LogP contribution in [-0.4, -0.2) is 21.6 Å². The van der Waals surface area contributed by atoms with Gasteiger partial charge < -0.3 is 5.32 Å². The molecule has 1 aliphatic rings. The number of pyridine rings is 2. The zero-order valence-electron chi connectivity index (χ0n) is 15.6. The summed E-state index contributed by atoms with van der Waals surface area (Å²) >= 11 is 1.14. The zero-order chi connectivity index (χ0) is 20.9. The Hall–Kier alpha value is -2.60. The van der Waals surface area contributed by atoms with Gasteiger partial charge in [0.25, 0.3) is 0 Å². The van der Waals surface area contributed by atoms with Crippen molar-refractivity contribution in [2.75, 3.05) is 11.1 Å². The highest BCUT2D eigenvalue weighted by Crippen LogP contribution is 2.29. The predicted octanol–water partition coefficient (Wildman–Crippen LogP) is 4.76. The summed E-state index contributed by atoms with van der Waals surface area (Å²) in [6, 6.07) is 5.98. The van der Waals surface area contributed by atoms with Crippen LogP contribution in [0.15, 0.2) is 29.4 Å². The fourth-order valence-electron chi connectivity index (χ4n) is 3.11. The number of alkyl halides is 3. The Morgan fingerprint density at radius 3 is 2.62 bits per heavy atom. The van der Waals surface area contributed by atoms with Crippen molar-refractivity contribution in [2.45, 2.75) is 49.7 Å². The molecule has 3 rings (SSSR count). The molecule has 0 saturated heterocycles. The SMILES string of the molecule is N#Cc1cc2c(nc1SCC(=O)Nc1ccc(C(F)(F)F)cn1)CCCCCC2. The van der Waals surface area contributed by atoms with Gasteiger partial charge in [0.1, 0.15) is 16.9 Å². The van der Waals surface area contributed by atoms with E-state index in [2.05, 4.69) is 21.4 Å². The number of amides is 1. The molecule has 0 saturated carbocycles. The molecule has 0 bridgehead atoms. The monoisotopic (exact) mass is 420 g/mol. The number of nitrogens with zero attached hydrogens (tertiary/aromatic N) is 3. The molecule has 9 heteroatoms. The molecule has 0 radical (unpaired) electrons. The number of aryl methyl sites for hydroxylation is 2. The second-order valence-corrected chi connectivity index (χ2v) is 7.70. The minimum absolute atomic E-state index is 0.0246. The van der Waals surface area contributed by atoms with E-state index in [9.17, 15) is 23.2 Å². The van der Waals surface area contributed by atoms with Crippen LogP contribution in [0, 0.1) is 11.3 Å². The van der Waals surface area contributed by atoms with Crippen molar-refractivity contribution in [1.82, 2.24) is 9.97 Å². The van der Waals surface area contributed by atoms with Crippen LogP contribution in [0.4, 0.5) is 19.0 Å². The van der Waals surface area contributed by atoms with E-state index < -0.39 is 17.6 Å². The number of nitriles is 1. The van der Waals surface area contributed by atoms with Crippen LogP contribution in [0.5, 0.6) is 0 Å². The third kappa shape index (κ3) is 5.70. The summed E-state index contributed by atoms with van der Waals surface area (Å²) in [5, 5.41) is 12.4. The van der Waals surface area contributed by atoms with Gasteiger partial charge in [0, 0.05) is 11.9 Å². The Morgan fingerprint density at radius 1 is 1.21 bits per heavy atom. The number of hydrogen-bond donors (Lipinski definition) is 1. The molecule has 2 aromatic rings. The highest BCUT2D eigenvalue weighted by Gasteiger charge is 2.30. The normalized spacial score (nSPS) is 14.3. The van der Waals surface area contributed by atoms with Crippen molar-refractivity contribution >= 4 is 23.5 Å². The molecular formula is C20H19F3N4OS. The topological polar surface area (TPSA) is 78.7 Å². The molecule has 0 atom stereocenters. The molecule has 29 heavy (non-hydrogen) atoms. The molecule has 0 spiro atoms. The van der Waals surface area contributed by atoms with Gasteiger partial charge in [-0.1, -0.05) is 24.6 Å². The number of carbonyl (C=O) groups is 1. The molecule has 1 aliphatic carbocycles. The number of fused-ring (bicyclic) bond motifs is 1. The molecule has 0 aromatic carbocycles. The Labute approximate surface area is 170 Å². The van der Waals surface area contributed by atoms with Gasteiger partial charge >= 0.3 is 6.18 Å². The number of carbonyl (C=O) groups excluding carboxylic acids is 1. The first kappa shape index (κ1) is 21.1. The molecular weight excluding hydrogens is 401 g/mol. The van der Waals surface area contributed by atoms with E-state index in [0.717, 1.165) is 67.3 Å². The van der Waals surface area contributed by atoms with Crippen LogP contribution in [0.1, 0.15) is 48.1 Å². The van der Waals surface area contributed by atoms with E-state index in [1.54, 1.807) is 0 Å². The molecule has 2 heterocycles. The summed E-state index contributed by atoms with van der Waals surface area (Å²) in [4.78, 5) is 20.4. The number of thioether (sulfide) groups is 1. The first-order valence-corrected chi connectivity index (χ1v) is 10.2. The fraction of sp³-hybridized carbons (Fsp3) is 0.400. The molecule has 152 valence electrons. The maximum atomic E-state index is 12.6. The quantitative estimate of drug-likeness (QED) is 0.722. The number of nitrogens with one attached hydrogen (secondary N) is 1. The third-order valence-corrected chi connectivity index (χ3v) is 5.58. The predicted molar refractivity (Wildman–Crippen MR) is 103 cm³/mol. The molecule has 1 N–H and O–H groups in total. The Morgan fingerprint density at radius 2 is 1.97 bits per heavy atom. The first-order valence-electron chi connectivity index (χ1n) is 9.25. The molecule has 5 nitrogen and oxygen atoms in total. The maximum Gasteiger partial charge on any atom is 0.417 e. The van der Waals surface area contributed by atoms with Crippen molar-refractivity contribution in [2.24, 2.45) is 0 Å². The highest BCUT2D eigenvalue weighted by molar-refractivity contribution is 8.00. The summed E-state index contributed by atoms with van der Waals surface area (Å²) in [5.41, 5.74) is 1.64. The minimum Gasteiger partial charge on any atom is -0.310 e. The second kappa shape index (κ2) is 9.27. The van der Waals surface area contributed by atoms with Gasteiger partial charge in [-0.3, -0.25) is 4.79 Å². The smallest absolute Gasteiger partial charge is 0.310 e. The standard InChI is InChI=1S/C20H19F3N4OS/c21-20(22,23)15-7-8-17(25-11-15)27-18(28)12-29-19-14(10-24)9-13-5-3-1-2-4-6-16(13)26-19/h7-9,11H,1-6,12H2,(H,25,27,28). The Kier molecular flexibility index (Phi) is 6.75. The van der Waals surface area contributed by atoms with Crippen molar-refractivity contribution in [1.29, 1.82) is 5.26 Å². The molecule has 2 aromatic heterocycles. The fourth-order valence-corrected chi connectivity index (χ4v) is 3.88. The van der Waals surface area contributed by atoms with Crippen molar-refractivity contribution < 1.29 is 18.0 Å². The molecule has 0 aliphatic heterocycles. The third-order valence-electron chi connectivity index (χ3n) is 4.58. The van der Waals surface area contributed by atoms with Crippen LogP contribution in [0.3, 0.4) is 0 Å². The van der Waals surface area contributed by atoms with E-state index in [4.69, 9.17) is 0 Å². The maximum absolute atomic E-state index is 12.6. The summed E-state index contributed by atoms with van der Waals surface area (Å²) in [5.74, 6) is -0.418. The number of halogens is 3. The van der Waals surface area contributed by atoms with Gasteiger partial charge in [0.15, 0.2) is 0 Å². The Bertz CT molecular complexity index is 923. The second-order valence-electron chi connectivity index (χ2n) is 6.74. The lowest BCUT2D eigenvalue weighted by Crippen LogP contribution is -2.16. The van der Waals surface area contributed by atoms with Gasteiger partial charge in [-0.25, -0.2) is 9.97 Å². The number of anilines is 1. The van der Waals surface area contributed by atoms with Gasteiger partial charge in [-0.05, 0) is 49.4 Å². The largest absolute Gasteiger partial charge is 0.417 e. The van der Waals surface area contributed by atoms with Crippen molar-refractivity contribution in [3.05, 3.63) is 46.8 Å².